The molecule has 0 aliphatic rings. The van der Waals surface area contributed by atoms with E-state index < -0.39 is 29.6 Å². The lowest BCUT2D eigenvalue weighted by Crippen LogP contribution is -2.39. The van der Waals surface area contributed by atoms with Crippen molar-refractivity contribution in [2.45, 2.75) is 32.8 Å². The molecule has 1 amide bonds. The Balaban J connectivity index is 2.03. The van der Waals surface area contributed by atoms with Gasteiger partial charge in [0.05, 0.1) is 13.0 Å². The molecular weight excluding hydrogens is 304 g/mol. The molecule has 0 saturated heterocycles. The van der Waals surface area contributed by atoms with Crippen LogP contribution in [0.5, 0.6) is 0 Å². The summed E-state index contributed by atoms with van der Waals surface area (Å²) >= 11 is 0. The van der Waals surface area contributed by atoms with E-state index in [0.29, 0.717) is 17.1 Å². The average molecular weight is 323 g/mol. The Morgan fingerprint density at radius 2 is 1.91 bits per heavy atom. The van der Waals surface area contributed by atoms with Gasteiger partial charge in [-0.1, -0.05) is 6.07 Å². The van der Waals surface area contributed by atoms with Crippen LogP contribution < -0.4 is 5.32 Å². The van der Waals surface area contributed by atoms with Gasteiger partial charge < -0.3 is 14.8 Å². The molecule has 124 valence electrons. The van der Waals surface area contributed by atoms with E-state index in [1.165, 1.54) is 13.0 Å². The van der Waals surface area contributed by atoms with Crippen LogP contribution in [0.3, 0.4) is 0 Å². The summed E-state index contributed by atoms with van der Waals surface area (Å²) in [5.74, 6) is -0.909. The van der Waals surface area contributed by atoms with Crippen molar-refractivity contribution in [2.75, 3.05) is 6.54 Å². The minimum Gasteiger partial charge on any atom is -0.466 e. The van der Waals surface area contributed by atoms with Gasteiger partial charge in [0, 0.05) is 11.1 Å². The van der Waals surface area contributed by atoms with E-state index in [1.807, 2.05) is 0 Å². The summed E-state index contributed by atoms with van der Waals surface area (Å²) in [5.41, 5.74) is -1.07. The van der Waals surface area contributed by atoms with Crippen LogP contribution in [0, 0.1) is 25.5 Å². The summed E-state index contributed by atoms with van der Waals surface area (Å²) in [5, 5.41) is 13.0. The molecule has 0 radical (unpaired) electrons. The zero-order chi connectivity index (χ0) is 17.2. The number of hydrogen-bond acceptors (Lipinski definition) is 3. The molecule has 0 spiro atoms. The van der Waals surface area contributed by atoms with Crippen LogP contribution in [0.2, 0.25) is 0 Å². The number of carbonyl (C=O) groups is 1. The normalized spacial score (nSPS) is 13.7. The van der Waals surface area contributed by atoms with Crippen molar-refractivity contribution >= 4 is 5.91 Å². The van der Waals surface area contributed by atoms with Crippen molar-refractivity contribution in [3.63, 3.8) is 0 Å². The summed E-state index contributed by atoms with van der Waals surface area (Å²) < 4.78 is 32.4. The van der Waals surface area contributed by atoms with E-state index in [1.54, 1.807) is 19.9 Å². The quantitative estimate of drug-likeness (QED) is 0.889. The summed E-state index contributed by atoms with van der Waals surface area (Å²) in [6, 6.07) is 5.12. The largest absolute Gasteiger partial charge is 0.466 e. The van der Waals surface area contributed by atoms with Gasteiger partial charge in [-0.3, -0.25) is 4.79 Å². The first-order valence-electron chi connectivity index (χ1n) is 7.20. The van der Waals surface area contributed by atoms with E-state index in [0.717, 1.165) is 12.1 Å². The number of aryl methyl sites for hydroxylation is 2. The maximum atomic E-state index is 13.5. The lowest BCUT2D eigenvalue weighted by molar-refractivity contribution is -0.121. The zero-order valence-electron chi connectivity index (χ0n) is 13.2. The van der Waals surface area contributed by atoms with Gasteiger partial charge in [-0.2, -0.15) is 0 Å². The molecule has 0 aliphatic carbocycles. The first-order valence-corrected chi connectivity index (χ1v) is 7.20. The van der Waals surface area contributed by atoms with Crippen molar-refractivity contribution in [1.29, 1.82) is 0 Å². The lowest BCUT2D eigenvalue weighted by Gasteiger charge is -2.23. The molecule has 0 fully saturated rings. The molecule has 1 atom stereocenters. The number of halogens is 2. The highest BCUT2D eigenvalue weighted by molar-refractivity contribution is 5.78. The molecule has 4 nitrogen and oxygen atoms in total. The summed E-state index contributed by atoms with van der Waals surface area (Å²) in [7, 11) is 0. The highest BCUT2D eigenvalue weighted by atomic mass is 19.1. The Morgan fingerprint density at radius 1 is 1.30 bits per heavy atom. The Kier molecular flexibility index (Phi) is 4.85. The maximum Gasteiger partial charge on any atom is 0.224 e. The van der Waals surface area contributed by atoms with Crippen LogP contribution >= 0.6 is 0 Å². The molecule has 0 aliphatic heterocycles. The van der Waals surface area contributed by atoms with Crippen LogP contribution in [-0.4, -0.2) is 17.6 Å². The SMILES string of the molecule is Cc1cc(C(C)(O)CNC(=O)Cc2c(F)cccc2F)c(C)o1. The second kappa shape index (κ2) is 6.50. The van der Waals surface area contributed by atoms with Gasteiger partial charge in [0.2, 0.25) is 5.91 Å². The fourth-order valence-electron chi connectivity index (χ4n) is 2.46. The standard InChI is InChI=1S/C17H19F2NO3/c1-10-7-13(11(2)23-10)17(3,22)9-20-16(21)8-12-14(18)5-4-6-15(12)19/h4-7,22H,8-9H2,1-3H3,(H,20,21). The van der Waals surface area contributed by atoms with E-state index in [4.69, 9.17) is 4.42 Å². The molecular formula is C17H19F2NO3. The minimum atomic E-state index is -1.34. The van der Waals surface area contributed by atoms with Gasteiger partial charge in [0.25, 0.3) is 0 Å². The Bertz CT molecular complexity index is 702. The molecule has 2 N–H and O–H groups in total. The maximum absolute atomic E-state index is 13.5. The predicted molar refractivity (Wildman–Crippen MR) is 80.8 cm³/mol. The molecule has 23 heavy (non-hydrogen) atoms. The third kappa shape index (κ3) is 3.96. The van der Waals surface area contributed by atoms with Gasteiger partial charge in [0.15, 0.2) is 0 Å². The second-order valence-corrected chi connectivity index (χ2v) is 5.75. The molecule has 1 unspecified atom stereocenters. The average Bonchev–Trinajstić information content (AvgIpc) is 2.81. The highest BCUT2D eigenvalue weighted by Gasteiger charge is 2.28. The van der Waals surface area contributed by atoms with Gasteiger partial charge in [0.1, 0.15) is 28.8 Å². The van der Waals surface area contributed by atoms with E-state index >= 15 is 0 Å². The molecule has 1 aromatic carbocycles. The van der Waals surface area contributed by atoms with Crippen LogP contribution in [0.25, 0.3) is 0 Å². The van der Waals surface area contributed by atoms with Crippen molar-refractivity contribution in [3.05, 3.63) is 58.5 Å². The van der Waals surface area contributed by atoms with Gasteiger partial charge in [-0.25, -0.2) is 8.78 Å². The van der Waals surface area contributed by atoms with Crippen LogP contribution in [0.15, 0.2) is 28.7 Å². The monoisotopic (exact) mass is 323 g/mol. The molecule has 6 heteroatoms. The fourth-order valence-corrected chi connectivity index (χ4v) is 2.46. The van der Waals surface area contributed by atoms with Crippen molar-refractivity contribution in [1.82, 2.24) is 5.32 Å². The Morgan fingerprint density at radius 3 is 2.43 bits per heavy atom. The zero-order valence-corrected chi connectivity index (χ0v) is 13.2. The van der Waals surface area contributed by atoms with E-state index in [-0.39, 0.29) is 12.1 Å². The van der Waals surface area contributed by atoms with Gasteiger partial charge in [-0.15, -0.1) is 0 Å². The topological polar surface area (TPSA) is 62.5 Å². The lowest BCUT2D eigenvalue weighted by atomic mass is 9.96. The van der Waals surface area contributed by atoms with Gasteiger partial charge in [-0.05, 0) is 39.0 Å². The summed E-state index contributed by atoms with van der Waals surface area (Å²) in [6.07, 6.45) is -0.433. The van der Waals surface area contributed by atoms with Gasteiger partial charge >= 0.3 is 0 Å². The van der Waals surface area contributed by atoms with Crippen molar-refractivity contribution < 1.29 is 23.1 Å². The van der Waals surface area contributed by atoms with E-state index in [9.17, 15) is 18.7 Å². The number of nitrogens with one attached hydrogen (secondary N) is 1. The highest BCUT2D eigenvalue weighted by Crippen LogP contribution is 2.26. The first kappa shape index (κ1) is 17.1. The Hall–Kier alpha value is -2.21. The number of hydrogen-bond donors (Lipinski definition) is 2. The summed E-state index contributed by atoms with van der Waals surface area (Å²) in [4.78, 5) is 11.9. The molecule has 1 aromatic heterocycles. The number of benzene rings is 1. The van der Waals surface area contributed by atoms with Crippen molar-refractivity contribution in [2.24, 2.45) is 0 Å². The Labute approximate surface area is 133 Å². The number of furan rings is 1. The van der Waals surface area contributed by atoms with Crippen LogP contribution in [0.4, 0.5) is 8.78 Å². The van der Waals surface area contributed by atoms with Crippen molar-refractivity contribution in [3.8, 4) is 0 Å². The van der Waals surface area contributed by atoms with E-state index in [2.05, 4.69) is 5.32 Å². The van der Waals surface area contributed by atoms with Crippen LogP contribution in [0.1, 0.15) is 29.6 Å². The minimum absolute atomic E-state index is 0.0955. The molecule has 1 heterocycles. The summed E-state index contributed by atoms with van der Waals surface area (Å²) in [6.45, 7) is 4.91. The fraction of sp³-hybridized carbons (Fsp3) is 0.353. The number of aliphatic hydroxyl groups is 1. The molecule has 2 rings (SSSR count). The third-order valence-corrected chi connectivity index (χ3v) is 3.65. The molecule has 2 aromatic rings. The smallest absolute Gasteiger partial charge is 0.224 e. The first-order chi connectivity index (χ1) is 10.7. The number of amides is 1. The second-order valence-electron chi connectivity index (χ2n) is 5.75. The molecule has 0 saturated carbocycles. The number of rotatable bonds is 5. The predicted octanol–water partition coefficient (Wildman–Crippen LogP) is 2.74. The third-order valence-electron chi connectivity index (χ3n) is 3.65. The van der Waals surface area contributed by atoms with Crippen LogP contribution in [-0.2, 0) is 16.8 Å². The number of carbonyl (C=O) groups excluding carboxylic acids is 1. The molecule has 0 bridgehead atoms.